The monoisotopic (exact) mass is 448 g/mol. The standard InChI is InChI=1S/C26H28N2O5/c1-3-9-18(15-24(29)28(14-4-2)16-25(30)31)27-26(32)33-17-23-21-12-7-5-10-19(21)20-11-6-8-13-22(20)23/h2,5-8,10-13,18,23H,3,9,14-17H2,1H3,(H,27,32)(H,30,31). The van der Waals surface area contributed by atoms with Crippen LogP contribution in [0.2, 0.25) is 0 Å². The molecule has 0 radical (unpaired) electrons. The van der Waals surface area contributed by atoms with Crippen LogP contribution in [0.5, 0.6) is 0 Å². The zero-order valence-corrected chi connectivity index (χ0v) is 18.6. The van der Waals surface area contributed by atoms with Gasteiger partial charge in [0.15, 0.2) is 0 Å². The Labute approximate surface area is 193 Å². The van der Waals surface area contributed by atoms with Crippen LogP contribution in [0.15, 0.2) is 48.5 Å². The zero-order valence-electron chi connectivity index (χ0n) is 18.6. The van der Waals surface area contributed by atoms with Crippen molar-refractivity contribution in [3.63, 3.8) is 0 Å². The smallest absolute Gasteiger partial charge is 0.407 e. The van der Waals surface area contributed by atoms with Crippen LogP contribution >= 0.6 is 0 Å². The number of amides is 2. The molecular formula is C26H28N2O5. The summed E-state index contributed by atoms with van der Waals surface area (Å²) < 4.78 is 5.57. The van der Waals surface area contributed by atoms with Crippen LogP contribution < -0.4 is 5.32 Å². The number of benzene rings is 2. The summed E-state index contributed by atoms with van der Waals surface area (Å²) in [6.45, 7) is 1.53. The Kier molecular flexibility index (Phi) is 8.09. The maximum atomic E-state index is 12.6. The molecule has 0 bridgehead atoms. The number of ether oxygens (including phenoxy) is 1. The molecule has 1 aliphatic carbocycles. The molecule has 0 saturated heterocycles. The molecule has 3 rings (SSSR count). The highest BCUT2D eigenvalue weighted by atomic mass is 16.5. The first-order chi connectivity index (χ1) is 15.9. The highest BCUT2D eigenvalue weighted by Gasteiger charge is 2.29. The van der Waals surface area contributed by atoms with Crippen molar-refractivity contribution >= 4 is 18.0 Å². The van der Waals surface area contributed by atoms with E-state index in [1.165, 1.54) is 0 Å². The largest absolute Gasteiger partial charge is 0.480 e. The third kappa shape index (κ3) is 5.92. The summed E-state index contributed by atoms with van der Waals surface area (Å²) in [4.78, 5) is 37.2. The molecule has 7 heteroatoms. The number of carboxylic acid groups (broad SMARTS) is 1. The Morgan fingerprint density at radius 3 is 2.27 bits per heavy atom. The molecule has 0 saturated carbocycles. The number of carboxylic acids is 1. The predicted molar refractivity (Wildman–Crippen MR) is 125 cm³/mol. The lowest BCUT2D eigenvalue weighted by Gasteiger charge is -2.23. The van der Waals surface area contributed by atoms with Gasteiger partial charge in [-0.3, -0.25) is 9.59 Å². The first-order valence-electron chi connectivity index (χ1n) is 11.0. The summed E-state index contributed by atoms with van der Waals surface area (Å²) in [6, 6.07) is 15.7. The van der Waals surface area contributed by atoms with Crippen LogP contribution in [0.1, 0.15) is 43.2 Å². The molecule has 0 heterocycles. The molecule has 172 valence electrons. The zero-order chi connectivity index (χ0) is 23.8. The lowest BCUT2D eigenvalue weighted by atomic mass is 9.98. The Morgan fingerprint density at radius 2 is 1.73 bits per heavy atom. The topological polar surface area (TPSA) is 95.9 Å². The molecule has 1 aliphatic rings. The Balaban J connectivity index is 1.62. The molecule has 7 nitrogen and oxygen atoms in total. The molecule has 1 atom stereocenters. The number of nitrogens with zero attached hydrogens (tertiary/aromatic N) is 1. The Morgan fingerprint density at radius 1 is 1.12 bits per heavy atom. The van der Waals surface area contributed by atoms with E-state index < -0.39 is 30.6 Å². The number of carbonyl (C=O) groups is 3. The first-order valence-corrected chi connectivity index (χ1v) is 11.0. The van der Waals surface area contributed by atoms with E-state index in [4.69, 9.17) is 16.3 Å². The number of aliphatic carboxylic acids is 1. The molecule has 0 spiro atoms. The van der Waals surface area contributed by atoms with Crippen LogP contribution in [0.3, 0.4) is 0 Å². The fraction of sp³-hybridized carbons (Fsp3) is 0.346. The number of nitrogens with one attached hydrogen (secondary N) is 1. The maximum absolute atomic E-state index is 12.6. The first kappa shape index (κ1) is 23.9. The number of fused-ring (bicyclic) bond motifs is 3. The molecule has 2 amide bonds. The summed E-state index contributed by atoms with van der Waals surface area (Å²) in [5, 5.41) is 11.8. The maximum Gasteiger partial charge on any atom is 0.407 e. The summed E-state index contributed by atoms with van der Waals surface area (Å²) >= 11 is 0. The lowest BCUT2D eigenvalue weighted by molar-refractivity contribution is -0.144. The van der Waals surface area contributed by atoms with Crippen molar-refractivity contribution in [3.05, 3.63) is 59.7 Å². The van der Waals surface area contributed by atoms with Gasteiger partial charge in [0.05, 0.1) is 6.54 Å². The summed E-state index contributed by atoms with van der Waals surface area (Å²) in [6.07, 6.45) is 5.88. The highest BCUT2D eigenvalue weighted by molar-refractivity contribution is 5.82. The molecule has 0 aliphatic heterocycles. The molecule has 1 unspecified atom stereocenters. The van der Waals surface area contributed by atoms with Gasteiger partial charge in [0.25, 0.3) is 0 Å². The van der Waals surface area contributed by atoms with Gasteiger partial charge in [-0.15, -0.1) is 6.42 Å². The van der Waals surface area contributed by atoms with Gasteiger partial charge < -0.3 is 20.1 Å². The van der Waals surface area contributed by atoms with E-state index in [1.54, 1.807) is 0 Å². The van der Waals surface area contributed by atoms with Crippen LogP contribution in [0.25, 0.3) is 11.1 Å². The second-order valence-electron chi connectivity index (χ2n) is 8.01. The van der Waals surface area contributed by atoms with E-state index in [0.717, 1.165) is 33.6 Å². The van der Waals surface area contributed by atoms with E-state index in [0.29, 0.717) is 6.42 Å². The molecular weight excluding hydrogens is 420 g/mol. The van der Waals surface area contributed by atoms with Crippen LogP contribution in [-0.4, -0.2) is 53.7 Å². The highest BCUT2D eigenvalue weighted by Crippen LogP contribution is 2.44. The Hall–Kier alpha value is -3.79. The van der Waals surface area contributed by atoms with E-state index in [2.05, 4.69) is 23.4 Å². The van der Waals surface area contributed by atoms with Crippen molar-refractivity contribution in [2.75, 3.05) is 19.7 Å². The van der Waals surface area contributed by atoms with Crippen LogP contribution in [0, 0.1) is 12.3 Å². The minimum absolute atomic E-state index is 0.0486. The van der Waals surface area contributed by atoms with Gasteiger partial charge in [-0.05, 0) is 28.7 Å². The molecule has 2 aromatic carbocycles. The number of rotatable bonds is 10. The minimum atomic E-state index is -1.14. The molecule has 2 aromatic rings. The normalized spacial score (nSPS) is 12.7. The van der Waals surface area contributed by atoms with Gasteiger partial charge in [-0.2, -0.15) is 0 Å². The van der Waals surface area contributed by atoms with Crippen molar-refractivity contribution < 1.29 is 24.2 Å². The molecule has 0 fully saturated rings. The quantitative estimate of drug-likeness (QED) is 0.541. The fourth-order valence-corrected chi connectivity index (χ4v) is 4.23. The fourth-order valence-electron chi connectivity index (χ4n) is 4.23. The molecule has 0 aromatic heterocycles. The summed E-state index contributed by atoms with van der Waals surface area (Å²) in [5.41, 5.74) is 4.52. The third-order valence-electron chi connectivity index (χ3n) is 5.68. The SMILES string of the molecule is C#CCN(CC(=O)O)C(=O)CC(CCC)NC(=O)OCC1c2ccccc2-c2ccccc21. The van der Waals surface area contributed by atoms with E-state index >= 15 is 0 Å². The number of hydrogen-bond acceptors (Lipinski definition) is 4. The second kappa shape index (κ2) is 11.2. The molecule has 2 N–H and O–H groups in total. The molecule has 33 heavy (non-hydrogen) atoms. The van der Waals surface area contributed by atoms with E-state index in [1.807, 2.05) is 43.3 Å². The minimum Gasteiger partial charge on any atom is -0.480 e. The summed E-state index contributed by atoms with van der Waals surface area (Å²) in [7, 11) is 0. The van der Waals surface area contributed by atoms with E-state index in [-0.39, 0.29) is 25.5 Å². The van der Waals surface area contributed by atoms with Gasteiger partial charge in [0, 0.05) is 18.4 Å². The second-order valence-corrected chi connectivity index (χ2v) is 8.01. The lowest BCUT2D eigenvalue weighted by Crippen LogP contribution is -2.42. The van der Waals surface area contributed by atoms with Gasteiger partial charge in [0.1, 0.15) is 13.2 Å². The van der Waals surface area contributed by atoms with Crippen molar-refractivity contribution in [1.29, 1.82) is 0 Å². The van der Waals surface area contributed by atoms with Crippen LogP contribution in [-0.2, 0) is 14.3 Å². The third-order valence-corrected chi connectivity index (χ3v) is 5.68. The van der Waals surface area contributed by atoms with Crippen molar-refractivity contribution in [2.45, 2.75) is 38.1 Å². The average Bonchev–Trinajstić information content (AvgIpc) is 3.11. The van der Waals surface area contributed by atoms with Gasteiger partial charge in [-0.1, -0.05) is 67.8 Å². The number of terminal acetylenes is 1. The number of hydrogen-bond donors (Lipinski definition) is 2. The Bertz CT molecular complexity index is 1010. The van der Waals surface area contributed by atoms with Crippen molar-refractivity contribution in [3.8, 4) is 23.5 Å². The van der Waals surface area contributed by atoms with E-state index in [9.17, 15) is 14.4 Å². The van der Waals surface area contributed by atoms with Gasteiger partial charge in [-0.25, -0.2) is 4.79 Å². The van der Waals surface area contributed by atoms with Crippen LogP contribution in [0.4, 0.5) is 4.79 Å². The van der Waals surface area contributed by atoms with Crippen molar-refractivity contribution in [1.82, 2.24) is 10.2 Å². The van der Waals surface area contributed by atoms with Crippen molar-refractivity contribution in [2.24, 2.45) is 0 Å². The number of carbonyl (C=O) groups excluding carboxylic acids is 2. The number of alkyl carbamates (subject to hydrolysis) is 1. The summed E-state index contributed by atoms with van der Waals surface area (Å²) in [5.74, 6) is 0.672. The predicted octanol–water partition coefficient (Wildman–Crippen LogP) is 3.63. The van der Waals surface area contributed by atoms with Gasteiger partial charge >= 0.3 is 12.1 Å². The average molecular weight is 449 g/mol. The van der Waals surface area contributed by atoms with Gasteiger partial charge in [0.2, 0.25) is 5.91 Å².